The maximum absolute atomic E-state index is 13.4. The minimum Gasteiger partial charge on any atom is -0.625 e. The smallest absolute Gasteiger partial charge is 0.416 e. The lowest BCUT2D eigenvalue weighted by Gasteiger charge is -2.36. The van der Waals surface area contributed by atoms with Gasteiger partial charge in [-0.1, -0.05) is 0 Å². The molecular formula is C10H6F7N3O4. The lowest BCUT2D eigenvalue weighted by Crippen LogP contribution is -3.15. The van der Waals surface area contributed by atoms with Crippen LogP contribution >= 0.6 is 0 Å². The molecule has 134 valence electrons. The predicted molar refractivity (Wildman–Crippen MR) is 61.6 cm³/mol. The zero-order valence-corrected chi connectivity index (χ0v) is 11.0. The third-order valence-electron chi connectivity index (χ3n) is 3.28. The van der Waals surface area contributed by atoms with Gasteiger partial charge in [-0.2, -0.15) is 22.0 Å². The van der Waals surface area contributed by atoms with Gasteiger partial charge in [0.2, 0.25) is 0 Å². The maximum atomic E-state index is 13.4. The molecule has 0 aromatic heterocycles. The van der Waals surface area contributed by atoms with Crippen LogP contribution in [0.5, 0.6) is 0 Å². The van der Waals surface area contributed by atoms with Crippen molar-refractivity contribution in [2.45, 2.75) is 24.4 Å². The van der Waals surface area contributed by atoms with E-state index in [9.17, 15) is 51.2 Å². The zero-order chi connectivity index (χ0) is 18.7. The van der Waals surface area contributed by atoms with Crippen molar-refractivity contribution in [1.29, 1.82) is 0 Å². The van der Waals surface area contributed by atoms with Crippen molar-refractivity contribution in [3.63, 3.8) is 0 Å². The van der Waals surface area contributed by atoms with Crippen LogP contribution in [0.3, 0.4) is 0 Å². The van der Waals surface area contributed by atoms with E-state index in [0.717, 1.165) is 0 Å². The second-order valence-electron chi connectivity index (χ2n) is 4.76. The van der Waals surface area contributed by atoms with Crippen molar-refractivity contribution in [2.24, 2.45) is 0 Å². The molecule has 1 heterocycles. The molecule has 1 aliphatic rings. The van der Waals surface area contributed by atoms with Crippen LogP contribution in [0.4, 0.5) is 47.8 Å². The fraction of sp³-hybridized carbons (Fsp3) is 0.400. The Morgan fingerprint density at radius 2 is 1.79 bits per heavy atom. The summed E-state index contributed by atoms with van der Waals surface area (Å²) in [6, 6.07) is -0.122. The Kier molecular flexibility index (Phi) is 3.90. The lowest BCUT2D eigenvalue weighted by atomic mass is 10.1. The summed E-state index contributed by atoms with van der Waals surface area (Å²) in [6.45, 7) is 0. The van der Waals surface area contributed by atoms with Crippen LogP contribution in [0.1, 0.15) is 5.56 Å². The van der Waals surface area contributed by atoms with Gasteiger partial charge in [0, 0.05) is 12.1 Å². The first kappa shape index (κ1) is 18.2. The highest BCUT2D eigenvalue weighted by Crippen LogP contribution is 2.45. The van der Waals surface area contributed by atoms with E-state index in [1.54, 1.807) is 0 Å². The number of hydrogen-bond donors (Lipinski definition) is 3. The Labute approximate surface area is 127 Å². The standard InChI is InChI=1S/C10H6F7N3O4/c11-7(12)8(13,14)10(21)18-6-4(19(10)22)1-3(9(15,16)17)2-5(6)20(23)24/h1-2,7,18-19,21H. The number of nitrogens with zero attached hydrogens (tertiary/aromatic N) is 1. The number of halogens is 7. The highest BCUT2D eigenvalue weighted by atomic mass is 19.4. The third kappa shape index (κ3) is 2.42. The van der Waals surface area contributed by atoms with Crippen molar-refractivity contribution < 1.29 is 45.8 Å². The number of hydroxylamine groups is 1. The minimum atomic E-state index is -5.42. The molecule has 0 amide bonds. The average molecular weight is 365 g/mol. The molecule has 1 aromatic rings. The normalized spacial score (nSPS) is 24.0. The molecule has 0 bridgehead atoms. The van der Waals surface area contributed by atoms with Gasteiger partial charge >= 0.3 is 24.4 Å². The van der Waals surface area contributed by atoms with Crippen LogP contribution in [0.2, 0.25) is 0 Å². The quantitative estimate of drug-likeness (QED) is 0.327. The summed E-state index contributed by atoms with van der Waals surface area (Å²) in [6.07, 6.45) is -9.76. The predicted octanol–water partition coefficient (Wildman–Crippen LogP) is 1.60. The molecule has 14 heteroatoms. The first-order valence-corrected chi connectivity index (χ1v) is 5.84. The molecule has 3 N–H and O–H groups in total. The third-order valence-corrected chi connectivity index (χ3v) is 3.28. The number of alkyl halides is 7. The topological polar surface area (TPSA) is 103 Å². The van der Waals surface area contributed by atoms with Crippen molar-refractivity contribution in [2.75, 3.05) is 5.32 Å². The average Bonchev–Trinajstić information content (AvgIpc) is 2.70. The zero-order valence-electron chi connectivity index (χ0n) is 11.0. The summed E-state index contributed by atoms with van der Waals surface area (Å²) in [5.41, 5.74) is -5.78. The Hall–Kier alpha value is -2.19. The van der Waals surface area contributed by atoms with Crippen LogP contribution in [-0.4, -0.2) is 28.2 Å². The van der Waals surface area contributed by atoms with Crippen LogP contribution < -0.4 is 10.4 Å². The highest BCUT2D eigenvalue weighted by molar-refractivity contribution is 5.77. The maximum Gasteiger partial charge on any atom is 0.416 e. The summed E-state index contributed by atoms with van der Waals surface area (Å²) < 4.78 is 89.8. The number of nitro groups is 1. The van der Waals surface area contributed by atoms with E-state index in [1.165, 1.54) is 5.32 Å². The van der Waals surface area contributed by atoms with E-state index in [0.29, 0.717) is 0 Å². The van der Waals surface area contributed by atoms with Crippen LogP contribution in [0.15, 0.2) is 12.1 Å². The molecule has 2 unspecified atom stereocenters. The summed E-state index contributed by atoms with van der Waals surface area (Å²) in [5, 5.41) is 31.1. The summed E-state index contributed by atoms with van der Waals surface area (Å²) in [5.74, 6) is -9.74. The lowest BCUT2D eigenvalue weighted by molar-refractivity contribution is -0.877. The molecule has 2 rings (SSSR count). The van der Waals surface area contributed by atoms with Gasteiger partial charge in [-0.3, -0.25) is 20.5 Å². The van der Waals surface area contributed by atoms with Gasteiger partial charge < -0.3 is 10.3 Å². The fourth-order valence-corrected chi connectivity index (χ4v) is 2.07. The fourth-order valence-electron chi connectivity index (χ4n) is 2.07. The molecule has 2 atom stereocenters. The summed E-state index contributed by atoms with van der Waals surface area (Å²) >= 11 is 0. The van der Waals surface area contributed by atoms with Crippen LogP contribution in [0, 0.1) is 15.3 Å². The molecule has 0 aliphatic carbocycles. The van der Waals surface area contributed by atoms with Gasteiger partial charge in [-0.25, -0.2) is 8.78 Å². The molecule has 7 nitrogen and oxygen atoms in total. The minimum absolute atomic E-state index is 0.0445. The van der Waals surface area contributed by atoms with Gasteiger partial charge in [0.15, 0.2) is 11.4 Å². The van der Waals surface area contributed by atoms with Gasteiger partial charge in [-0.05, 0) is 0 Å². The molecule has 0 saturated carbocycles. The number of quaternary nitrogens is 1. The van der Waals surface area contributed by atoms with E-state index < -0.39 is 57.0 Å². The molecular weight excluding hydrogens is 359 g/mol. The monoisotopic (exact) mass is 365 g/mol. The Morgan fingerprint density at radius 3 is 2.21 bits per heavy atom. The number of rotatable bonds is 3. The van der Waals surface area contributed by atoms with Gasteiger partial charge in [0.05, 0.1) is 10.5 Å². The molecule has 0 fully saturated rings. The van der Waals surface area contributed by atoms with Crippen molar-refractivity contribution in [3.8, 4) is 0 Å². The van der Waals surface area contributed by atoms with E-state index in [4.69, 9.17) is 0 Å². The van der Waals surface area contributed by atoms with E-state index in [1.807, 2.05) is 0 Å². The number of benzene rings is 1. The SMILES string of the molecule is O=[N+]([O-])c1cc(C(F)(F)F)cc2c1NC(O)(C(F)(F)C(F)F)[NH+]2[O-]. The molecule has 24 heavy (non-hydrogen) atoms. The molecule has 1 aromatic carbocycles. The molecule has 0 spiro atoms. The Bertz CT molecular complexity index is 696. The number of fused-ring (bicyclic) bond motifs is 1. The van der Waals surface area contributed by atoms with E-state index >= 15 is 0 Å². The summed E-state index contributed by atoms with van der Waals surface area (Å²) in [4.78, 5) is 9.37. The molecule has 0 radical (unpaired) electrons. The van der Waals surface area contributed by atoms with Gasteiger partial charge in [0.25, 0.3) is 5.69 Å². The second kappa shape index (κ2) is 5.15. The Morgan fingerprint density at radius 1 is 1.25 bits per heavy atom. The highest BCUT2D eigenvalue weighted by Gasteiger charge is 2.69. The van der Waals surface area contributed by atoms with Gasteiger partial charge in [-0.15, -0.1) is 0 Å². The largest absolute Gasteiger partial charge is 0.625 e. The number of anilines is 1. The number of nitrogens with one attached hydrogen (secondary N) is 2. The van der Waals surface area contributed by atoms with Crippen molar-refractivity contribution in [1.82, 2.24) is 0 Å². The van der Waals surface area contributed by atoms with Crippen molar-refractivity contribution in [3.05, 3.63) is 33.0 Å². The van der Waals surface area contributed by atoms with Crippen LogP contribution in [0.25, 0.3) is 0 Å². The first-order valence-electron chi connectivity index (χ1n) is 5.84. The Balaban J connectivity index is 2.69. The van der Waals surface area contributed by atoms with Crippen LogP contribution in [-0.2, 0) is 6.18 Å². The van der Waals surface area contributed by atoms with E-state index in [-0.39, 0.29) is 12.1 Å². The number of nitro benzene ring substituents is 1. The number of aliphatic hydroxyl groups is 1. The van der Waals surface area contributed by atoms with Crippen molar-refractivity contribution >= 4 is 17.1 Å². The second-order valence-corrected chi connectivity index (χ2v) is 4.76. The molecule has 1 aliphatic heterocycles. The first-order chi connectivity index (χ1) is 10.7. The van der Waals surface area contributed by atoms with Gasteiger partial charge in [0.1, 0.15) is 0 Å². The van der Waals surface area contributed by atoms with E-state index in [2.05, 4.69) is 0 Å². The number of hydrogen-bond acceptors (Lipinski definition) is 5. The summed E-state index contributed by atoms with van der Waals surface area (Å²) in [7, 11) is 0. The molecule has 0 saturated heterocycles.